The summed E-state index contributed by atoms with van der Waals surface area (Å²) in [4.78, 5) is 11.9. The SMILES string of the molecule is C=C(OCC)C(CCCCCCCBr)C(=O)OCC. The summed E-state index contributed by atoms with van der Waals surface area (Å²) in [6.07, 6.45) is 6.59. The lowest BCUT2D eigenvalue weighted by molar-refractivity contribution is -0.148. The number of hydrogen-bond acceptors (Lipinski definition) is 3. The highest BCUT2D eigenvalue weighted by Crippen LogP contribution is 2.21. The van der Waals surface area contributed by atoms with Gasteiger partial charge in [-0.2, -0.15) is 0 Å². The van der Waals surface area contributed by atoms with Gasteiger partial charge in [-0.15, -0.1) is 0 Å². The molecule has 0 rings (SSSR count). The molecule has 1 atom stereocenters. The predicted molar refractivity (Wildman–Crippen MR) is 82.4 cm³/mol. The molecule has 0 saturated heterocycles. The standard InChI is InChI=1S/C15H27BrO3/c1-4-18-13(3)14(15(17)19-5-2)11-9-7-6-8-10-12-16/h14H,3-12H2,1-2H3. The zero-order valence-corrected chi connectivity index (χ0v) is 13.8. The minimum atomic E-state index is -0.309. The van der Waals surface area contributed by atoms with Gasteiger partial charge < -0.3 is 9.47 Å². The highest BCUT2D eigenvalue weighted by molar-refractivity contribution is 9.09. The highest BCUT2D eigenvalue weighted by atomic mass is 79.9. The van der Waals surface area contributed by atoms with Gasteiger partial charge in [0.15, 0.2) is 0 Å². The lowest BCUT2D eigenvalue weighted by atomic mass is 9.99. The number of carbonyl (C=O) groups is 1. The van der Waals surface area contributed by atoms with Crippen LogP contribution in [-0.4, -0.2) is 24.5 Å². The third-order valence-electron chi connectivity index (χ3n) is 2.92. The Labute approximate surface area is 125 Å². The second kappa shape index (κ2) is 12.5. The molecule has 4 heteroatoms. The fourth-order valence-electron chi connectivity index (χ4n) is 1.91. The topological polar surface area (TPSA) is 35.5 Å². The minimum Gasteiger partial charge on any atom is -0.498 e. The van der Waals surface area contributed by atoms with E-state index in [1.807, 2.05) is 13.8 Å². The van der Waals surface area contributed by atoms with Crippen molar-refractivity contribution in [2.24, 2.45) is 5.92 Å². The smallest absolute Gasteiger partial charge is 0.316 e. The van der Waals surface area contributed by atoms with Gasteiger partial charge in [-0.05, 0) is 26.7 Å². The second-order valence-electron chi connectivity index (χ2n) is 4.45. The summed E-state index contributed by atoms with van der Waals surface area (Å²) in [5, 5.41) is 1.07. The first-order valence-electron chi connectivity index (χ1n) is 7.21. The fraction of sp³-hybridized carbons (Fsp3) is 0.800. The van der Waals surface area contributed by atoms with Crippen LogP contribution in [0.1, 0.15) is 52.4 Å². The van der Waals surface area contributed by atoms with Gasteiger partial charge in [0.25, 0.3) is 0 Å². The van der Waals surface area contributed by atoms with E-state index in [0.717, 1.165) is 24.6 Å². The normalized spacial score (nSPS) is 11.9. The molecule has 112 valence electrons. The molecular formula is C15H27BrO3. The largest absolute Gasteiger partial charge is 0.498 e. The third-order valence-corrected chi connectivity index (χ3v) is 3.48. The zero-order valence-electron chi connectivity index (χ0n) is 12.3. The van der Waals surface area contributed by atoms with Crippen LogP contribution in [0.25, 0.3) is 0 Å². The first-order valence-corrected chi connectivity index (χ1v) is 8.33. The molecule has 0 aromatic rings. The number of ether oxygens (including phenoxy) is 2. The van der Waals surface area contributed by atoms with E-state index in [2.05, 4.69) is 22.5 Å². The molecule has 0 aliphatic carbocycles. The molecule has 0 heterocycles. The van der Waals surface area contributed by atoms with Crippen molar-refractivity contribution in [2.75, 3.05) is 18.5 Å². The van der Waals surface area contributed by atoms with Crippen LogP contribution in [0.15, 0.2) is 12.3 Å². The minimum absolute atomic E-state index is 0.207. The van der Waals surface area contributed by atoms with Crippen LogP contribution in [0, 0.1) is 5.92 Å². The molecule has 0 saturated carbocycles. The van der Waals surface area contributed by atoms with Crippen LogP contribution in [0.2, 0.25) is 0 Å². The first kappa shape index (κ1) is 18.5. The molecule has 0 fully saturated rings. The molecule has 1 unspecified atom stereocenters. The molecule has 0 aromatic heterocycles. The maximum atomic E-state index is 11.9. The Hall–Kier alpha value is -0.510. The van der Waals surface area contributed by atoms with Crippen LogP contribution in [-0.2, 0) is 14.3 Å². The highest BCUT2D eigenvalue weighted by Gasteiger charge is 2.23. The number of rotatable bonds is 12. The second-order valence-corrected chi connectivity index (χ2v) is 5.24. The summed E-state index contributed by atoms with van der Waals surface area (Å²) < 4.78 is 10.4. The van der Waals surface area contributed by atoms with Crippen molar-refractivity contribution in [1.82, 2.24) is 0 Å². The van der Waals surface area contributed by atoms with Crippen LogP contribution in [0.3, 0.4) is 0 Å². The fourth-order valence-corrected chi connectivity index (χ4v) is 2.31. The van der Waals surface area contributed by atoms with E-state index < -0.39 is 0 Å². The number of halogens is 1. The molecule has 0 radical (unpaired) electrons. The lowest BCUT2D eigenvalue weighted by Crippen LogP contribution is -2.21. The average Bonchev–Trinajstić information content (AvgIpc) is 2.38. The van der Waals surface area contributed by atoms with Crippen molar-refractivity contribution in [2.45, 2.75) is 52.4 Å². The maximum Gasteiger partial charge on any atom is 0.316 e. The number of unbranched alkanes of at least 4 members (excludes halogenated alkanes) is 4. The maximum absolute atomic E-state index is 11.9. The molecule has 0 aromatic carbocycles. The Morgan fingerprint density at radius 2 is 1.63 bits per heavy atom. The summed E-state index contributed by atoms with van der Waals surface area (Å²) >= 11 is 3.43. The van der Waals surface area contributed by atoms with Crippen LogP contribution < -0.4 is 0 Å². The number of hydrogen-bond donors (Lipinski definition) is 0. The number of carbonyl (C=O) groups excluding carboxylic acids is 1. The number of alkyl halides is 1. The molecule has 0 N–H and O–H groups in total. The van der Waals surface area contributed by atoms with Crippen molar-refractivity contribution in [3.63, 3.8) is 0 Å². The predicted octanol–water partition coefficient (Wildman–Crippen LogP) is 4.45. The summed E-state index contributed by atoms with van der Waals surface area (Å²) in [5.74, 6) is 0.0268. The van der Waals surface area contributed by atoms with Gasteiger partial charge >= 0.3 is 5.97 Å². The third kappa shape index (κ3) is 9.09. The van der Waals surface area contributed by atoms with Crippen molar-refractivity contribution < 1.29 is 14.3 Å². The molecular weight excluding hydrogens is 308 g/mol. The summed E-state index contributed by atoms with van der Waals surface area (Å²) in [5.41, 5.74) is 0. The Bertz CT molecular complexity index is 236. The Morgan fingerprint density at radius 1 is 1.05 bits per heavy atom. The van der Waals surface area contributed by atoms with Crippen LogP contribution in [0.4, 0.5) is 0 Å². The van der Waals surface area contributed by atoms with Crippen molar-refractivity contribution >= 4 is 21.9 Å². The first-order chi connectivity index (χ1) is 9.17. The molecule has 0 aliphatic rings. The van der Waals surface area contributed by atoms with Crippen LogP contribution in [0.5, 0.6) is 0 Å². The van der Waals surface area contributed by atoms with Gasteiger partial charge in [0.2, 0.25) is 0 Å². The van der Waals surface area contributed by atoms with E-state index in [1.54, 1.807) is 0 Å². The van der Waals surface area contributed by atoms with Gasteiger partial charge in [0.1, 0.15) is 11.7 Å². The van der Waals surface area contributed by atoms with Gasteiger partial charge in [-0.1, -0.05) is 48.2 Å². The molecule has 19 heavy (non-hydrogen) atoms. The van der Waals surface area contributed by atoms with E-state index in [9.17, 15) is 4.79 Å². The molecule has 3 nitrogen and oxygen atoms in total. The monoisotopic (exact) mass is 334 g/mol. The summed E-state index contributed by atoms with van der Waals surface area (Å²) in [6.45, 7) is 8.51. The van der Waals surface area contributed by atoms with E-state index in [-0.39, 0.29) is 11.9 Å². The van der Waals surface area contributed by atoms with Crippen molar-refractivity contribution in [1.29, 1.82) is 0 Å². The van der Waals surface area contributed by atoms with Gasteiger partial charge in [-0.25, -0.2) is 0 Å². The number of esters is 1. The Kier molecular flexibility index (Phi) is 12.2. The molecule has 0 bridgehead atoms. The molecule has 0 spiro atoms. The average molecular weight is 335 g/mol. The lowest BCUT2D eigenvalue weighted by Gasteiger charge is -2.18. The Balaban J connectivity index is 4.05. The van der Waals surface area contributed by atoms with E-state index in [4.69, 9.17) is 9.47 Å². The van der Waals surface area contributed by atoms with Crippen molar-refractivity contribution in [3.8, 4) is 0 Å². The summed E-state index contributed by atoms with van der Waals surface area (Å²) in [6, 6.07) is 0. The quantitative estimate of drug-likeness (QED) is 0.229. The van der Waals surface area contributed by atoms with E-state index in [0.29, 0.717) is 19.0 Å². The van der Waals surface area contributed by atoms with E-state index in [1.165, 1.54) is 19.3 Å². The van der Waals surface area contributed by atoms with Gasteiger partial charge in [-0.3, -0.25) is 4.79 Å². The molecule has 0 aliphatic heterocycles. The van der Waals surface area contributed by atoms with Crippen molar-refractivity contribution in [3.05, 3.63) is 12.3 Å². The van der Waals surface area contributed by atoms with Gasteiger partial charge in [0.05, 0.1) is 13.2 Å². The Morgan fingerprint density at radius 3 is 2.21 bits per heavy atom. The zero-order chi connectivity index (χ0) is 14.5. The van der Waals surface area contributed by atoms with E-state index >= 15 is 0 Å². The molecule has 0 amide bonds. The van der Waals surface area contributed by atoms with Gasteiger partial charge in [0, 0.05) is 5.33 Å². The summed E-state index contributed by atoms with van der Waals surface area (Å²) in [7, 11) is 0. The van der Waals surface area contributed by atoms with Crippen LogP contribution >= 0.6 is 15.9 Å².